The Hall–Kier alpha value is -0.610. The third kappa shape index (κ3) is 3.34. The van der Waals surface area contributed by atoms with Crippen molar-refractivity contribution >= 4 is 5.97 Å². The molecule has 0 bridgehead atoms. The van der Waals surface area contributed by atoms with Gasteiger partial charge in [-0.25, -0.2) is 0 Å². The fourth-order valence-corrected chi connectivity index (χ4v) is 3.05. The Kier molecular flexibility index (Phi) is 6.46. The van der Waals surface area contributed by atoms with Crippen molar-refractivity contribution in [2.45, 2.75) is 72.1 Å². The lowest BCUT2D eigenvalue weighted by Crippen LogP contribution is -2.65. The average molecular weight is 285 g/mol. The predicted molar refractivity (Wildman–Crippen MR) is 80.6 cm³/mol. The molecule has 1 aliphatic carbocycles. The van der Waals surface area contributed by atoms with Crippen LogP contribution < -0.4 is 5.32 Å². The molecule has 0 aromatic rings. The van der Waals surface area contributed by atoms with Crippen LogP contribution in [0.4, 0.5) is 0 Å². The van der Waals surface area contributed by atoms with Gasteiger partial charge >= 0.3 is 5.97 Å². The lowest BCUT2D eigenvalue weighted by Gasteiger charge is -2.54. The number of nitrogens with one attached hydrogen (secondary N) is 1. The van der Waals surface area contributed by atoms with Gasteiger partial charge in [-0.3, -0.25) is 4.79 Å². The van der Waals surface area contributed by atoms with Crippen LogP contribution in [-0.2, 0) is 14.3 Å². The molecule has 4 nitrogen and oxygen atoms in total. The molecule has 0 heterocycles. The van der Waals surface area contributed by atoms with Gasteiger partial charge in [0.15, 0.2) is 0 Å². The third-order valence-corrected chi connectivity index (χ3v) is 5.16. The van der Waals surface area contributed by atoms with Crippen LogP contribution in [0.25, 0.3) is 0 Å². The third-order valence-electron chi connectivity index (χ3n) is 5.16. The van der Waals surface area contributed by atoms with Crippen molar-refractivity contribution in [1.82, 2.24) is 5.32 Å². The molecule has 118 valence electrons. The molecule has 0 aliphatic heterocycles. The van der Waals surface area contributed by atoms with Crippen molar-refractivity contribution in [3.05, 3.63) is 0 Å². The standard InChI is InChI=1S/C16H31NO3/c1-7-11(4)14(15(18)19-6)17-12-10-13(20-9-3)16(12,5)8-2/h11-14,17H,7-10H2,1-6H3. The molecule has 0 aromatic heterocycles. The summed E-state index contributed by atoms with van der Waals surface area (Å²) < 4.78 is 10.8. The van der Waals surface area contributed by atoms with Crippen LogP contribution >= 0.6 is 0 Å². The van der Waals surface area contributed by atoms with E-state index in [9.17, 15) is 4.79 Å². The maximum atomic E-state index is 12.0. The monoisotopic (exact) mass is 285 g/mol. The molecular formula is C16H31NO3. The normalized spacial score (nSPS) is 32.3. The zero-order chi connectivity index (χ0) is 15.3. The van der Waals surface area contributed by atoms with E-state index < -0.39 is 0 Å². The lowest BCUT2D eigenvalue weighted by atomic mass is 9.61. The minimum absolute atomic E-state index is 0.107. The zero-order valence-corrected chi connectivity index (χ0v) is 13.9. The highest BCUT2D eigenvalue weighted by Gasteiger charge is 2.52. The summed E-state index contributed by atoms with van der Waals surface area (Å²) in [7, 11) is 1.46. The number of hydrogen-bond acceptors (Lipinski definition) is 4. The second kappa shape index (κ2) is 7.41. The zero-order valence-electron chi connectivity index (χ0n) is 13.9. The van der Waals surface area contributed by atoms with Gasteiger partial charge in [-0.2, -0.15) is 0 Å². The number of methoxy groups -OCH3 is 1. The minimum Gasteiger partial charge on any atom is -0.468 e. The van der Waals surface area contributed by atoms with E-state index in [1.54, 1.807) is 0 Å². The molecule has 0 radical (unpaired) electrons. The number of esters is 1. The minimum atomic E-state index is -0.219. The van der Waals surface area contributed by atoms with Gasteiger partial charge in [0, 0.05) is 18.1 Å². The van der Waals surface area contributed by atoms with Crippen LogP contribution in [0.5, 0.6) is 0 Å². The maximum Gasteiger partial charge on any atom is 0.323 e. The number of carbonyl (C=O) groups excluding carboxylic acids is 1. The molecule has 20 heavy (non-hydrogen) atoms. The summed E-state index contributed by atoms with van der Waals surface area (Å²) in [5.41, 5.74) is 0.107. The summed E-state index contributed by atoms with van der Waals surface area (Å²) in [5, 5.41) is 3.53. The highest BCUT2D eigenvalue weighted by atomic mass is 16.5. The number of carbonyl (C=O) groups is 1. The van der Waals surface area contributed by atoms with Gasteiger partial charge in [-0.05, 0) is 25.7 Å². The first-order chi connectivity index (χ1) is 9.44. The fraction of sp³-hybridized carbons (Fsp3) is 0.938. The van der Waals surface area contributed by atoms with E-state index in [0.29, 0.717) is 12.1 Å². The van der Waals surface area contributed by atoms with Crippen molar-refractivity contribution in [2.24, 2.45) is 11.3 Å². The Labute approximate surface area is 123 Å². The first-order valence-electron chi connectivity index (χ1n) is 7.89. The second-order valence-corrected chi connectivity index (χ2v) is 6.14. The lowest BCUT2D eigenvalue weighted by molar-refractivity contribution is -0.151. The summed E-state index contributed by atoms with van der Waals surface area (Å²) in [6, 6.07) is 0.102. The molecule has 1 saturated carbocycles. The fourth-order valence-electron chi connectivity index (χ4n) is 3.05. The summed E-state index contributed by atoms with van der Waals surface area (Å²) in [6.07, 6.45) is 3.27. The van der Waals surface area contributed by atoms with Gasteiger partial charge in [-0.15, -0.1) is 0 Å². The average Bonchev–Trinajstić information content (AvgIpc) is 2.47. The Morgan fingerprint density at radius 1 is 1.40 bits per heavy atom. The Morgan fingerprint density at radius 2 is 2.05 bits per heavy atom. The topological polar surface area (TPSA) is 47.6 Å². The smallest absolute Gasteiger partial charge is 0.323 e. The Morgan fingerprint density at radius 3 is 2.50 bits per heavy atom. The van der Waals surface area contributed by atoms with Gasteiger partial charge in [0.2, 0.25) is 0 Å². The SMILES string of the molecule is CCOC1CC(NC(C(=O)OC)C(C)CC)C1(C)CC. The van der Waals surface area contributed by atoms with Crippen LogP contribution in [0.1, 0.15) is 53.9 Å². The van der Waals surface area contributed by atoms with Gasteiger partial charge in [0.1, 0.15) is 6.04 Å². The molecule has 5 unspecified atom stereocenters. The molecule has 0 aromatic carbocycles. The molecular weight excluding hydrogens is 254 g/mol. The van der Waals surface area contributed by atoms with Crippen molar-refractivity contribution in [3.8, 4) is 0 Å². The first kappa shape index (κ1) is 17.4. The van der Waals surface area contributed by atoms with E-state index in [2.05, 4.69) is 33.0 Å². The summed E-state index contributed by atoms with van der Waals surface area (Å²) >= 11 is 0. The van der Waals surface area contributed by atoms with Crippen LogP contribution in [0, 0.1) is 11.3 Å². The molecule has 0 spiro atoms. The number of ether oxygens (including phenoxy) is 2. The predicted octanol–water partition coefficient (Wildman–Crippen LogP) is 2.76. The Balaban J connectivity index is 2.72. The van der Waals surface area contributed by atoms with E-state index >= 15 is 0 Å². The van der Waals surface area contributed by atoms with Crippen LogP contribution in [0.2, 0.25) is 0 Å². The van der Waals surface area contributed by atoms with Gasteiger partial charge in [-0.1, -0.05) is 34.1 Å². The summed E-state index contributed by atoms with van der Waals surface area (Å²) in [5.74, 6) is 0.118. The van der Waals surface area contributed by atoms with Crippen molar-refractivity contribution in [1.29, 1.82) is 0 Å². The van der Waals surface area contributed by atoms with E-state index in [4.69, 9.17) is 9.47 Å². The van der Waals surface area contributed by atoms with Crippen LogP contribution in [0.3, 0.4) is 0 Å². The molecule has 0 amide bonds. The van der Waals surface area contributed by atoms with Crippen molar-refractivity contribution < 1.29 is 14.3 Å². The van der Waals surface area contributed by atoms with Crippen LogP contribution in [0.15, 0.2) is 0 Å². The van der Waals surface area contributed by atoms with Gasteiger partial charge in [0.25, 0.3) is 0 Å². The molecule has 1 rings (SSSR count). The highest BCUT2D eigenvalue weighted by molar-refractivity contribution is 5.76. The second-order valence-electron chi connectivity index (χ2n) is 6.14. The van der Waals surface area contributed by atoms with E-state index in [1.165, 1.54) is 7.11 Å². The molecule has 1 fully saturated rings. The van der Waals surface area contributed by atoms with Gasteiger partial charge < -0.3 is 14.8 Å². The quantitative estimate of drug-likeness (QED) is 0.697. The van der Waals surface area contributed by atoms with E-state index in [0.717, 1.165) is 25.9 Å². The van der Waals surface area contributed by atoms with Gasteiger partial charge in [0.05, 0.1) is 13.2 Å². The largest absolute Gasteiger partial charge is 0.468 e. The highest BCUT2D eigenvalue weighted by Crippen LogP contribution is 2.46. The summed E-state index contributed by atoms with van der Waals surface area (Å²) in [6.45, 7) is 11.4. The summed E-state index contributed by atoms with van der Waals surface area (Å²) in [4.78, 5) is 12.0. The van der Waals surface area contributed by atoms with Crippen molar-refractivity contribution in [3.63, 3.8) is 0 Å². The first-order valence-corrected chi connectivity index (χ1v) is 7.89. The molecule has 1 N–H and O–H groups in total. The van der Waals surface area contributed by atoms with E-state index in [1.807, 2.05) is 6.92 Å². The molecule has 5 atom stereocenters. The van der Waals surface area contributed by atoms with Crippen LogP contribution in [-0.4, -0.2) is 37.9 Å². The molecule has 4 heteroatoms. The Bertz CT molecular complexity index is 321. The maximum absolute atomic E-state index is 12.0. The molecule has 0 saturated heterocycles. The number of rotatable bonds is 8. The number of hydrogen-bond donors (Lipinski definition) is 1. The van der Waals surface area contributed by atoms with Crippen molar-refractivity contribution in [2.75, 3.05) is 13.7 Å². The molecule has 1 aliphatic rings. The van der Waals surface area contributed by atoms with E-state index in [-0.39, 0.29) is 23.3 Å².